The second-order valence-corrected chi connectivity index (χ2v) is 6.05. The molecule has 0 aliphatic carbocycles. The lowest BCUT2D eigenvalue weighted by molar-refractivity contribution is 0.206. The van der Waals surface area contributed by atoms with Crippen LogP contribution < -0.4 is 5.32 Å². The van der Waals surface area contributed by atoms with Crippen molar-refractivity contribution in [2.75, 3.05) is 19.6 Å². The van der Waals surface area contributed by atoms with E-state index in [1.165, 1.54) is 64.6 Å². The van der Waals surface area contributed by atoms with E-state index in [4.69, 9.17) is 0 Å². The molecule has 0 spiro atoms. The molecule has 1 N–H and O–H groups in total. The van der Waals surface area contributed by atoms with Gasteiger partial charge in [0.2, 0.25) is 0 Å². The van der Waals surface area contributed by atoms with E-state index in [0.717, 1.165) is 18.0 Å². The maximum absolute atomic E-state index is 3.77. The molecule has 2 fully saturated rings. The van der Waals surface area contributed by atoms with Gasteiger partial charge in [-0.05, 0) is 51.1 Å². The minimum atomic E-state index is 0.853. The van der Waals surface area contributed by atoms with Crippen molar-refractivity contribution >= 4 is 0 Å². The zero-order valence-electron chi connectivity index (χ0n) is 11.8. The van der Waals surface area contributed by atoms with Crippen LogP contribution in [-0.2, 0) is 0 Å². The third-order valence-electron chi connectivity index (χ3n) is 4.58. The largest absolute Gasteiger partial charge is 0.311 e. The van der Waals surface area contributed by atoms with Gasteiger partial charge >= 0.3 is 0 Å². The number of hydrogen-bond donors (Lipinski definition) is 1. The second-order valence-electron chi connectivity index (χ2n) is 6.05. The van der Waals surface area contributed by atoms with E-state index < -0.39 is 0 Å². The summed E-state index contributed by atoms with van der Waals surface area (Å²) in [6, 6.07) is 1.72. The van der Waals surface area contributed by atoms with Crippen LogP contribution in [0.5, 0.6) is 0 Å². The van der Waals surface area contributed by atoms with Crippen LogP contribution in [-0.4, -0.2) is 36.6 Å². The number of rotatable bonds is 8. The summed E-state index contributed by atoms with van der Waals surface area (Å²) < 4.78 is 0. The average molecular weight is 238 g/mol. The fourth-order valence-electron chi connectivity index (χ4n) is 3.53. The Morgan fingerprint density at radius 1 is 1.06 bits per heavy atom. The molecular formula is C15H30N2. The molecular weight excluding hydrogens is 208 g/mol. The van der Waals surface area contributed by atoms with Crippen LogP contribution in [0.2, 0.25) is 0 Å². The van der Waals surface area contributed by atoms with Crippen LogP contribution in [0.4, 0.5) is 0 Å². The Morgan fingerprint density at radius 2 is 1.76 bits per heavy atom. The molecule has 0 radical (unpaired) electrons. The molecule has 17 heavy (non-hydrogen) atoms. The van der Waals surface area contributed by atoms with E-state index in [2.05, 4.69) is 24.1 Å². The number of fused-ring (bicyclic) bond motifs is 2. The summed E-state index contributed by atoms with van der Waals surface area (Å²) in [5.74, 6) is 0.947. The molecule has 2 aliphatic heterocycles. The molecule has 0 amide bonds. The fourth-order valence-corrected chi connectivity index (χ4v) is 3.53. The molecule has 2 saturated heterocycles. The van der Waals surface area contributed by atoms with Gasteiger partial charge in [0.1, 0.15) is 0 Å². The highest BCUT2D eigenvalue weighted by atomic mass is 15.1. The lowest BCUT2D eigenvalue weighted by Crippen LogP contribution is -2.36. The first kappa shape index (κ1) is 13.4. The van der Waals surface area contributed by atoms with E-state index in [-0.39, 0.29) is 0 Å². The number of hydrogen-bond acceptors (Lipinski definition) is 2. The fraction of sp³-hybridized carbons (Fsp3) is 1.00. The molecule has 2 heterocycles. The summed E-state index contributed by atoms with van der Waals surface area (Å²) in [6.45, 7) is 8.61. The van der Waals surface area contributed by atoms with E-state index in [0.29, 0.717) is 0 Å². The minimum absolute atomic E-state index is 0.853. The quantitative estimate of drug-likeness (QED) is 0.699. The lowest BCUT2D eigenvalue weighted by atomic mass is 9.88. The van der Waals surface area contributed by atoms with Gasteiger partial charge in [-0.15, -0.1) is 0 Å². The molecule has 2 aliphatic rings. The lowest BCUT2D eigenvalue weighted by Gasteiger charge is -2.29. The Kier molecular flexibility index (Phi) is 5.30. The molecule has 3 unspecified atom stereocenters. The topological polar surface area (TPSA) is 15.3 Å². The average Bonchev–Trinajstić information content (AvgIpc) is 2.94. The standard InChI is InChI=1S/C15H30N2/c1-3-5-9-17(10-6-4-2)12-13-11-14-7-8-15(13)16-14/h13-16H,3-12H2,1-2H3. The predicted molar refractivity (Wildman–Crippen MR) is 74.3 cm³/mol. The molecule has 0 aromatic carbocycles. The van der Waals surface area contributed by atoms with Crippen molar-refractivity contribution in [2.45, 2.75) is 70.9 Å². The number of nitrogens with one attached hydrogen (secondary N) is 1. The van der Waals surface area contributed by atoms with Crippen LogP contribution in [0.1, 0.15) is 58.8 Å². The normalized spacial score (nSPS) is 31.6. The van der Waals surface area contributed by atoms with Crippen molar-refractivity contribution in [3.05, 3.63) is 0 Å². The van der Waals surface area contributed by atoms with Crippen LogP contribution in [0.15, 0.2) is 0 Å². The summed E-state index contributed by atoms with van der Waals surface area (Å²) >= 11 is 0. The van der Waals surface area contributed by atoms with Crippen LogP contribution >= 0.6 is 0 Å². The maximum Gasteiger partial charge on any atom is 0.0111 e. The summed E-state index contributed by atoms with van der Waals surface area (Å²) in [6.07, 6.45) is 9.72. The predicted octanol–water partition coefficient (Wildman–Crippen LogP) is 3.03. The molecule has 0 saturated carbocycles. The third-order valence-corrected chi connectivity index (χ3v) is 4.58. The van der Waals surface area contributed by atoms with Crippen molar-refractivity contribution < 1.29 is 0 Å². The first-order valence-corrected chi connectivity index (χ1v) is 7.81. The molecule has 3 atom stereocenters. The maximum atomic E-state index is 3.77. The highest BCUT2D eigenvalue weighted by molar-refractivity contribution is 4.98. The van der Waals surface area contributed by atoms with Gasteiger partial charge in [0.25, 0.3) is 0 Å². The van der Waals surface area contributed by atoms with E-state index >= 15 is 0 Å². The van der Waals surface area contributed by atoms with Gasteiger partial charge in [0.15, 0.2) is 0 Å². The molecule has 2 nitrogen and oxygen atoms in total. The van der Waals surface area contributed by atoms with Crippen molar-refractivity contribution in [1.29, 1.82) is 0 Å². The Labute approximate surface area is 107 Å². The van der Waals surface area contributed by atoms with E-state index in [9.17, 15) is 0 Å². The van der Waals surface area contributed by atoms with Crippen molar-refractivity contribution in [1.82, 2.24) is 10.2 Å². The highest BCUT2D eigenvalue weighted by Crippen LogP contribution is 2.33. The van der Waals surface area contributed by atoms with Crippen LogP contribution in [0.3, 0.4) is 0 Å². The van der Waals surface area contributed by atoms with E-state index in [1.54, 1.807) is 0 Å². The Morgan fingerprint density at radius 3 is 2.24 bits per heavy atom. The highest BCUT2D eigenvalue weighted by Gasteiger charge is 2.39. The first-order valence-electron chi connectivity index (χ1n) is 7.81. The zero-order valence-corrected chi connectivity index (χ0v) is 11.8. The molecule has 0 aromatic rings. The number of unbranched alkanes of at least 4 members (excludes halogenated alkanes) is 2. The molecule has 0 aromatic heterocycles. The molecule has 2 heteroatoms. The van der Waals surface area contributed by atoms with Gasteiger partial charge in [-0.3, -0.25) is 0 Å². The van der Waals surface area contributed by atoms with E-state index in [1.807, 2.05) is 0 Å². The minimum Gasteiger partial charge on any atom is -0.311 e. The van der Waals surface area contributed by atoms with Gasteiger partial charge in [0, 0.05) is 18.6 Å². The number of nitrogens with zero attached hydrogens (tertiary/aromatic N) is 1. The first-order chi connectivity index (χ1) is 8.33. The molecule has 2 rings (SSSR count). The van der Waals surface area contributed by atoms with Crippen molar-refractivity contribution in [3.63, 3.8) is 0 Å². The monoisotopic (exact) mass is 238 g/mol. The van der Waals surface area contributed by atoms with Gasteiger partial charge in [0.05, 0.1) is 0 Å². The third kappa shape index (κ3) is 3.69. The second kappa shape index (κ2) is 6.75. The summed E-state index contributed by atoms with van der Waals surface area (Å²) in [7, 11) is 0. The van der Waals surface area contributed by atoms with Crippen LogP contribution in [0.25, 0.3) is 0 Å². The molecule has 2 bridgehead atoms. The molecule has 100 valence electrons. The summed E-state index contributed by atoms with van der Waals surface area (Å²) in [5, 5.41) is 3.77. The SMILES string of the molecule is CCCCN(CCCC)CC1CC2CCC1N2. The Bertz CT molecular complexity index is 209. The zero-order chi connectivity index (χ0) is 12.1. The van der Waals surface area contributed by atoms with Gasteiger partial charge < -0.3 is 10.2 Å². The summed E-state index contributed by atoms with van der Waals surface area (Å²) in [5.41, 5.74) is 0. The van der Waals surface area contributed by atoms with Crippen molar-refractivity contribution in [3.8, 4) is 0 Å². The Balaban J connectivity index is 1.75. The van der Waals surface area contributed by atoms with Gasteiger partial charge in [-0.2, -0.15) is 0 Å². The summed E-state index contributed by atoms with van der Waals surface area (Å²) in [4.78, 5) is 2.74. The van der Waals surface area contributed by atoms with Crippen molar-refractivity contribution in [2.24, 2.45) is 5.92 Å². The van der Waals surface area contributed by atoms with Gasteiger partial charge in [-0.1, -0.05) is 26.7 Å². The van der Waals surface area contributed by atoms with Crippen LogP contribution in [0, 0.1) is 5.92 Å². The van der Waals surface area contributed by atoms with Gasteiger partial charge in [-0.25, -0.2) is 0 Å². The smallest absolute Gasteiger partial charge is 0.0111 e. The Hall–Kier alpha value is -0.0800.